The number of anilines is 1. The van der Waals surface area contributed by atoms with Crippen molar-refractivity contribution in [3.63, 3.8) is 0 Å². The van der Waals surface area contributed by atoms with Crippen molar-refractivity contribution in [2.45, 2.75) is 6.54 Å². The van der Waals surface area contributed by atoms with E-state index < -0.39 is 17.1 Å². The summed E-state index contributed by atoms with van der Waals surface area (Å²) in [6, 6.07) is 11.0. The second-order valence-corrected chi connectivity index (χ2v) is 8.09. The maximum atomic E-state index is 13.3. The van der Waals surface area contributed by atoms with Crippen LogP contribution in [0.2, 0.25) is 5.02 Å². The molecule has 10 heteroatoms. The fourth-order valence-corrected chi connectivity index (χ4v) is 3.98. The fraction of sp³-hybridized carbons (Fsp3) is 0.154. The Labute approximate surface area is 211 Å². The number of nitrogens with zero attached hydrogens (tertiary/aromatic N) is 2. The average molecular weight is 508 g/mol. The van der Waals surface area contributed by atoms with Crippen LogP contribution in [0.5, 0.6) is 17.2 Å². The molecule has 184 valence electrons. The third kappa shape index (κ3) is 4.87. The Kier molecular flexibility index (Phi) is 7.21. The van der Waals surface area contributed by atoms with Gasteiger partial charge in [0.25, 0.3) is 0 Å². The van der Waals surface area contributed by atoms with Crippen molar-refractivity contribution in [2.75, 3.05) is 26.6 Å². The van der Waals surface area contributed by atoms with E-state index >= 15 is 0 Å². The van der Waals surface area contributed by atoms with Crippen LogP contribution >= 0.6 is 11.6 Å². The highest BCUT2D eigenvalue weighted by molar-refractivity contribution is 6.32. The number of carbonyl (C=O) groups is 2. The lowest BCUT2D eigenvalue weighted by atomic mass is 10.0. The van der Waals surface area contributed by atoms with Crippen molar-refractivity contribution in [3.05, 3.63) is 87.4 Å². The van der Waals surface area contributed by atoms with Crippen LogP contribution < -0.4 is 25.0 Å². The summed E-state index contributed by atoms with van der Waals surface area (Å²) in [5.41, 5.74) is 0.486. The lowest BCUT2D eigenvalue weighted by molar-refractivity contribution is -0.116. The second-order valence-electron chi connectivity index (χ2n) is 7.68. The van der Waals surface area contributed by atoms with Gasteiger partial charge in [-0.05, 0) is 36.4 Å². The molecular formula is C26H22ClN3O6. The Bertz CT molecular complexity index is 1520. The van der Waals surface area contributed by atoms with Crippen LogP contribution in [-0.4, -0.2) is 42.6 Å². The molecule has 0 radical (unpaired) electrons. The molecular weight excluding hydrogens is 486 g/mol. The van der Waals surface area contributed by atoms with E-state index in [1.807, 2.05) is 0 Å². The topological polar surface area (TPSA) is 109 Å². The SMILES string of the molecule is COc1ccc(NC(=O)Cn2cc(C(=O)c3ccncc3)c(=O)c3cc(OC)c(Cl)cc32)c(OC)c1. The minimum atomic E-state index is -0.504. The molecule has 4 rings (SSSR count). The number of hydrogen-bond acceptors (Lipinski definition) is 7. The van der Waals surface area contributed by atoms with Gasteiger partial charge >= 0.3 is 0 Å². The molecule has 1 N–H and O–H groups in total. The van der Waals surface area contributed by atoms with Gasteiger partial charge in [-0.2, -0.15) is 0 Å². The first-order valence-corrected chi connectivity index (χ1v) is 11.1. The number of carbonyl (C=O) groups excluding carboxylic acids is 2. The van der Waals surface area contributed by atoms with Crippen LogP contribution in [0.3, 0.4) is 0 Å². The summed E-state index contributed by atoms with van der Waals surface area (Å²) in [5, 5.41) is 3.23. The van der Waals surface area contributed by atoms with Gasteiger partial charge in [0, 0.05) is 30.2 Å². The highest BCUT2D eigenvalue weighted by Crippen LogP contribution is 2.30. The van der Waals surface area contributed by atoms with Crippen molar-refractivity contribution in [3.8, 4) is 17.2 Å². The van der Waals surface area contributed by atoms with Gasteiger partial charge < -0.3 is 24.1 Å². The predicted octanol–water partition coefficient (Wildman–Crippen LogP) is 3.95. The first-order valence-electron chi connectivity index (χ1n) is 10.7. The maximum Gasteiger partial charge on any atom is 0.244 e. The third-order valence-corrected chi connectivity index (χ3v) is 5.83. The lowest BCUT2D eigenvalue weighted by Crippen LogP contribution is -2.24. The summed E-state index contributed by atoms with van der Waals surface area (Å²) in [6.07, 6.45) is 4.29. The van der Waals surface area contributed by atoms with Crippen LogP contribution in [0.25, 0.3) is 10.9 Å². The Morgan fingerprint density at radius 1 is 0.972 bits per heavy atom. The van der Waals surface area contributed by atoms with Crippen LogP contribution in [0.4, 0.5) is 5.69 Å². The van der Waals surface area contributed by atoms with Gasteiger partial charge in [0.05, 0.1) is 48.5 Å². The summed E-state index contributed by atoms with van der Waals surface area (Å²) < 4.78 is 17.3. The number of hydrogen-bond donors (Lipinski definition) is 1. The van der Waals surface area contributed by atoms with Gasteiger partial charge in [0.1, 0.15) is 23.8 Å². The zero-order chi connectivity index (χ0) is 25.8. The summed E-state index contributed by atoms with van der Waals surface area (Å²) in [4.78, 5) is 43.5. The molecule has 0 aliphatic heterocycles. The van der Waals surface area contributed by atoms with Gasteiger partial charge in [-0.25, -0.2) is 0 Å². The van der Waals surface area contributed by atoms with Crippen molar-refractivity contribution in [1.29, 1.82) is 0 Å². The summed E-state index contributed by atoms with van der Waals surface area (Å²) >= 11 is 6.32. The first-order chi connectivity index (χ1) is 17.4. The predicted molar refractivity (Wildman–Crippen MR) is 136 cm³/mol. The molecule has 2 aromatic carbocycles. The van der Waals surface area contributed by atoms with Gasteiger partial charge in [-0.15, -0.1) is 0 Å². The monoisotopic (exact) mass is 507 g/mol. The number of aromatic nitrogens is 2. The molecule has 36 heavy (non-hydrogen) atoms. The average Bonchev–Trinajstić information content (AvgIpc) is 2.90. The van der Waals surface area contributed by atoms with Crippen molar-refractivity contribution in [2.24, 2.45) is 0 Å². The van der Waals surface area contributed by atoms with E-state index in [0.29, 0.717) is 28.3 Å². The van der Waals surface area contributed by atoms with E-state index in [-0.39, 0.29) is 28.3 Å². The Morgan fingerprint density at radius 3 is 2.36 bits per heavy atom. The molecule has 2 heterocycles. The number of rotatable bonds is 8. The number of amides is 1. The molecule has 0 spiro atoms. The van der Waals surface area contributed by atoms with E-state index in [4.69, 9.17) is 25.8 Å². The van der Waals surface area contributed by atoms with Crippen LogP contribution in [0.1, 0.15) is 15.9 Å². The normalized spacial score (nSPS) is 10.7. The highest BCUT2D eigenvalue weighted by atomic mass is 35.5. The molecule has 0 aliphatic carbocycles. The number of methoxy groups -OCH3 is 3. The fourth-order valence-electron chi connectivity index (χ4n) is 3.75. The number of fused-ring (bicyclic) bond motifs is 1. The molecule has 0 saturated heterocycles. The Morgan fingerprint density at radius 2 is 1.69 bits per heavy atom. The van der Waals surface area contributed by atoms with E-state index in [2.05, 4.69) is 10.3 Å². The van der Waals surface area contributed by atoms with Crippen molar-refractivity contribution in [1.82, 2.24) is 9.55 Å². The van der Waals surface area contributed by atoms with Gasteiger partial charge in [-0.3, -0.25) is 19.4 Å². The quantitative estimate of drug-likeness (QED) is 0.360. The number of halogens is 1. The molecule has 0 unspecified atom stereocenters. The number of nitrogens with one attached hydrogen (secondary N) is 1. The van der Waals surface area contributed by atoms with Crippen LogP contribution in [0.15, 0.2) is 65.8 Å². The summed E-state index contributed by atoms with van der Waals surface area (Å²) in [5.74, 6) is 0.337. The smallest absolute Gasteiger partial charge is 0.244 e. The Hall–Kier alpha value is -4.37. The second kappa shape index (κ2) is 10.5. The molecule has 0 bridgehead atoms. The van der Waals surface area contributed by atoms with Gasteiger partial charge in [0.15, 0.2) is 5.78 Å². The van der Waals surface area contributed by atoms with Gasteiger partial charge in [0.2, 0.25) is 11.3 Å². The molecule has 1 amide bonds. The molecule has 2 aromatic heterocycles. The molecule has 0 saturated carbocycles. The number of pyridine rings is 2. The largest absolute Gasteiger partial charge is 0.497 e. The minimum Gasteiger partial charge on any atom is -0.497 e. The van der Waals surface area contributed by atoms with E-state index in [1.165, 1.54) is 68.8 Å². The first kappa shape index (κ1) is 24.7. The minimum absolute atomic E-state index is 0.104. The number of ether oxygens (including phenoxy) is 3. The number of benzene rings is 2. The van der Waals surface area contributed by atoms with E-state index in [1.54, 1.807) is 18.2 Å². The molecule has 9 nitrogen and oxygen atoms in total. The van der Waals surface area contributed by atoms with Gasteiger partial charge in [-0.1, -0.05) is 11.6 Å². The van der Waals surface area contributed by atoms with E-state index in [9.17, 15) is 14.4 Å². The zero-order valence-corrected chi connectivity index (χ0v) is 20.5. The maximum absolute atomic E-state index is 13.3. The van der Waals surface area contributed by atoms with E-state index in [0.717, 1.165) is 0 Å². The lowest BCUT2D eigenvalue weighted by Gasteiger charge is -2.16. The van der Waals surface area contributed by atoms with Crippen molar-refractivity contribution < 1.29 is 23.8 Å². The summed E-state index contributed by atoms with van der Waals surface area (Å²) in [7, 11) is 4.43. The molecule has 4 aromatic rings. The summed E-state index contributed by atoms with van der Waals surface area (Å²) in [6.45, 7) is -0.217. The molecule has 0 aliphatic rings. The highest BCUT2D eigenvalue weighted by Gasteiger charge is 2.20. The molecule has 0 fully saturated rings. The standard InChI is InChI=1S/C26H22ClN3O6/c1-34-16-4-5-20(23(10-16)36-3)29-24(31)14-30-13-18(25(32)15-6-8-28-9-7-15)26(33)17-11-22(35-2)19(27)12-21(17)30/h4-13H,14H2,1-3H3,(H,29,31). The third-order valence-electron chi connectivity index (χ3n) is 5.54. The molecule has 0 atom stereocenters. The zero-order valence-electron chi connectivity index (χ0n) is 19.7. The number of ketones is 1. The van der Waals surface area contributed by atoms with Crippen LogP contribution in [0, 0.1) is 0 Å². The Balaban J connectivity index is 1.79. The van der Waals surface area contributed by atoms with Crippen LogP contribution in [-0.2, 0) is 11.3 Å². The van der Waals surface area contributed by atoms with Crippen molar-refractivity contribution >= 4 is 39.9 Å².